The first kappa shape index (κ1) is 10.9. The Hall–Kier alpha value is -1.62. The molecule has 2 aromatic heterocycles. The molecule has 0 aliphatic carbocycles. The summed E-state index contributed by atoms with van der Waals surface area (Å²) in [6.45, 7) is 6.41. The van der Waals surface area contributed by atoms with Crippen LogP contribution >= 0.6 is 0 Å². The summed E-state index contributed by atoms with van der Waals surface area (Å²) in [6.07, 6.45) is 0. The molecule has 2 heterocycles. The molecular weight excluding hydrogens is 206 g/mol. The van der Waals surface area contributed by atoms with E-state index in [0.717, 1.165) is 22.6 Å². The topological polar surface area (TPSA) is 64.1 Å². The number of aromatic nitrogens is 2. The van der Waals surface area contributed by atoms with Gasteiger partial charge in [0, 0.05) is 5.56 Å². The Labute approximate surface area is 93.8 Å². The van der Waals surface area contributed by atoms with Crippen LogP contribution in [0.15, 0.2) is 8.94 Å². The van der Waals surface area contributed by atoms with Crippen LogP contribution in [-0.4, -0.2) is 17.2 Å². The fourth-order valence-electron chi connectivity index (χ4n) is 1.69. The quantitative estimate of drug-likeness (QED) is 0.858. The zero-order chi connectivity index (χ0) is 11.7. The summed E-state index contributed by atoms with van der Waals surface area (Å²) in [5, 5.41) is 6.86. The van der Waals surface area contributed by atoms with E-state index in [0.29, 0.717) is 18.3 Å². The molecule has 0 aliphatic heterocycles. The van der Waals surface area contributed by atoms with Gasteiger partial charge in [0.05, 0.1) is 12.1 Å². The minimum Gasteiger partial charge on any atom is -0.466 e. The Morgan fingerprint density at radius 1 is 1.19 bits per heavy atom. The molecule has 0 fully saturated rings. The van der Waals surface area contributed by atoms with Gasteiger partial charge in [-0.05, 0) is 27.8 Å². The Morgan fingerprint density at radius 2 is 1.94 bits per heavy atom. The lowest BCUT2D eigenvalue weighted by atomic mass is 10.1. The molecule has 0 unspecified atom stereocenters. The molecule has 5 nitrogen and oxygen atoms in total. The van der Waals surface area contributed by atoms with Gasteiger partial charge in [-0.15, -0.1) is 0 Å². The van der Waals surface area contributed by atoms with Gasteiger partial charge in [0.25, 0.3) is 5.89 Å². The molecule has 16 heavy (non-hydrogen) atoms. The van der Waals surface area contributed by atoms with Crippen LogP contribution in [-0.2, 0) is 6.54 Å². The van der Waals surface area contributed by atoms with Crippen molar-refractivity contribution in [1.29, 1.82) is 0 Å². The smallest absolute Gasteiger partial charge is 0.261 e. The third-order valence-electron chi connectivity index (χ3n) is 2.58. The second-order valence-corrected chi connectivity index (χ2v) is 3.76. The van der Waals surface area contributed by atoms with Crippen LogP contribution in [0, 0.1) is 20.8 Å². The van der Waals surface area contributed by atoms with E-state index in [1.807, 2.05) is 27.8 Å². The molecule has 1 N–H and O–H groups in total. The van der Waals surface area contributed by atoms with Crippen LogP contribution in [0.5, 0.6) is 0 Å². The lowest BCUT2D eigenvalue weighted by Gasteiger charge is -1.92. The molecule has 0 amide bonds. The van der Waals surface area contributed by atoms with Crippen molar-refractivity contribution in [2.75, 3.05) is 7.05 Å². The second kappa shape index (κ2) is 4.09. The molecular formula is C11H15N3O2. The maximum Gasteiger partial charge on any atom is 0.261 e. The van der Waals surface area contributed by atoms with Gasteiger partial charge < -0.3 is 14.3 Å². The van der Waals surface area contributed by atoms with E-state index in [1.54, 1.807) is 0 Å². The number of nitrogens with one attached hydrogen (secondary N) is 1. The van der Waals surface area contributed by atoms with E-state index in [9.17, 15) is 0 Å². The highest BCUT2D eigenvalue weighted by atomic mass is 16.5. The summed E-state index contributed by atoms with van der Waals surface area (Å²) < 4.78 is 10.7. The number of hydrogen-bond acceptors (Lipinski definition) is 5. The van der Waals surface area contributed by atoms with Crippen molar-refractivity contribution in [2.45, 2.75) is 27.3 Å². The van der Waals surface area contributed by atoms with Crippen molar-refractivity contribution in [3.8, 4) is 11.5 Å². The van der Waals surface area contributed by atoms with Crippen molar-refractivity contribution < 1.29 is 8.94 Å². The first-order valence-corrected chi connectivity index (χ1v) is 5.17. The summed E-state index contributed by atoms with van der Waals surface area (Å²) in [5.41, 5.74) is 1.96. The zero-order valence-corrected chi connectivity index (χ0v) is 9.92. The molecule has 0 aromatic carbocycles. The first-order chi connectivity index (χ1) is 7.63. The number of rotatable bonds is 3. The Morgan fingerprint density at radius 3 is 2.50 bits per heavy atom. The minimum absolute atomic E-state index is 0.525. The van der Waals surface area contributed by atoms with Crippen molar-refractivity contribution in [1.82, 2.24) is 15.5 Å². The maximum absolute atomic E-state index is 5.53. The molecule has 0 aliphatic rings. The Kier molecular flexibility index (Phi) is 2.78. The molecule has 0 bridgehead atoms. The van der Waals surface area contributed by atoms with Crippen LogP contribution in [0.25, 0.3) is 11.5 Å². The van der Waals surface area contributed by atoms with E-state index in [-0.39, 0.29) is 0 Å². The standard InChI is InChI=1S/C11H15N3O2/c1-6-7(2)15-8(3)10(6)11-13-9(5-12-4)14-16-11/h12H,5H2,1-4H3. The van der Waals surface area contributed by atoms with E-state index in [1.165, 1.54) is 0 Å². The lowest BCUT2D eigenvalue weighted by Crippen LogP contribution is -2.06. The Bertz CT molecular complexity index is 499. The predicted molar refractivity (Wildman–Crippen MR) is 59.0 cm³/mol. The highest BCUT2D eigenvalue weighted by molar-refractivity contribution is 5.61. The highest BCUT2D eigenvalue weighted by Gasteiger charge is 2.18. The van der Waals surface area contributed by atoms with Gasteiger partial charge in [0.1, 0.15) is 11.5 Å². The third-order valence-corrected chi connectivity index (χ3v) is 2.58. The normalized spacial score (nSPS) is 11.0. The minimum atomic E-state index is 0.525. The number of nitrogens with zero attached hydrogens (tertiary/aromatic N) is 2. The highest BCUT2D eigenvalue weighted by Crippen LogP contribution is 2.29. The molecule has 0 saturated carbocycles. The predicted octanol–water partition coefficient (Wildman–Crippen LogP) is 1.97. The van der Waals surface area contributed by atoms with Crippen molar-refractivity contribution in [3.63, 3.8) is 0 Å². The van der Waals surface area contributed by atoms with Crippen molar-refractivity contribution in [2.24, 2.45) is 0 Å². The van der Waals surface area contributed by atoms with Crippen LogP contribution < -0.4 is 5.32 Å². The summed E-state index contributed by atoms with van der Waals surface area (Å²) in [4.78, 5) is 4.30. The van der Waals surface area contributed by atoms with E-state index >= 15 is 0 Å². The van der Waals surface area contributed by atoms with Gasteiger partial charge >= 0.3 is 0 Å². The van der Waals surface area contributed by atoms with Gasteiger partial charge in [0.15, 0.2) is 5.82 Å². The van der Waals surface area contributed by atoms with Crippen LogP contribution in [0.1, 0.15) is 22.9 Å². The summed E-state index contributed by atoms with van der Waals surface area (Å²) in [5.74, 6) is 2.88. The van der Waals surface area contributed by atoms with E-state index in [4.69, 9.17) is 8.94 Å². The third kappa shape index (κ3) is 1.74. The van der Waals surface area contributed by atoms with Gasteiger partial charge in [-0.25, -0.2) is 0 Å². The average molecular weight is 221 g/mol. The van der Waals surface area contributed by atoms with E-state index < -0.39 is 0 Å². The first-order valence-electron chi connectivity index (χ1n) is 5.17. The number of aryl methyl sites for hydroxylation is 2. The molecule has 2 rings (SSSR count). The monoisotopic (exact) mass is 221 g/mol. The number of furan rings is 1. The average Bonchev–Trinajstić information content (AvgIpc) is 2.75. The number of hydrogen-bond donors (Lipinski definition) is 1. The summed E-state index contributed by atoms with van der Waals surface area (Å²) in [6, 6.07) is 0. The molecule has 2 aromatic rings. The van der Waals surface area contributed by atoms with Gasteiger partial charge in [-0.2, -0.15) is 4.98 Å². The summed E-state index contributed by atoms with van der Waals surface area (Å²) in [7, 11) is 1.84. The SMILES string of the molecule is CNCc1noc(-c2c(C)oc(C)c2C)n1. The van der Waals surface area contributed by atoms with Crippen LogP contribution in [0.3, 0.4) is 0 Å². The fraction of sp³-hybridized carbons (Fsp3) is 0.455. The molecule has 5 heteroatoms. The molecule has 0 saturated heterocycles. The van der Waals surface area contributed by atoms with Gasteiger partial charge in [-0.3, -0.25) is 0 Å². The molecule has 86 valence electrons. The zero-order valence-electron chi connectivity index (χ0n) is 9.92. The van der Waals surface area contributed by atoms with Crippen molar-refractivity contribution in [3.05, 3.63) is 22.9 Å². The van der Waals surface area contributed by atoms with Crippen LogP contribution in [0.4, 0.5) is 0 Å². The second-order valence-electron chi connectivity index (χ2n) is 3.76. The molecule has 0 spiro atoms. The van der Waals surface area contributed by atoms with Gasteiger partial charge in [0.2, 0.25) is 0 Å². The largest absolute Gasteiger partial charge is 0.466 e. The fourth-order valence-corrected chi connectivity index (χ4v) is 1.69. The summed E-state index contributed by atoms with van der Waals surface area (Å²) >= 11 is 0. The van der Waals surface area contributed by atoms with Gasteiger partial charge in [-0.1, -0.05) is 5.16 Å². The molecule has 0 atom stereocenters. The Balaban J connectivity index is 2.42. The van der Waals surface area contributed by atoms with Crippen molar-refractivity contribution >= 4 is 0 Å². The lowest BCUT2D eigenvalue weighted by molar-refractivity contribution is 0.419. The van der Waals surface area contributed by atoms with Crippen LogP contribution in [0.2, 0.25) is 0 Å². The maximum atomic E-state index is 5.53. The van der Waals surface area contributed by atoms with E-state index in [2.05, 4.69) is 15.5 Å². The molecule has 0 radical (unpaired) electrons.